The van der Waals surface area contributed by atoms with Crippen LogP contribution in [0.25, 0.3) is 11.1 Å². The molecule has 29 heavy (non-hydrogen) atoms. The predicted molar refractivity (Wildman–Crippen MR) is 118 cm³/mol. The first-order chi connectivity index (χ1) is 14.1. The first-order valence-corrected chi connectivity index (χ1v) is 10.1. The summed E-state index contributed by atoms with van der Waals surface area (Å²) in [6.07, 6.45) is 0. The molecule has 0 radical (unpaired) electrons. The zero-order valence-electron chi connectivity index (χ0n) is 16.7. The summed E-state index contributed by atoms with van der Waals surface area (Å²) in [5.74, 6) is -0.881. The van der Waals surface area contributed by atoms with E-state index >= 15 is 0 Å². The molecular weight excluding hydrogens is 360 g/mol. The van der Waals surface area contributed by atoms with Gasteiger partial charge in [-0.1, -0.05) is 48.5 Å². The molecule has 4 rings (SSSR count). The quantitative estimate of drug-likeness (QED) is 0.691. The standard InChI is InChI=1S/C25H26N2O2/c1-19-6-2-4-8-23(19)24-9-5-3-7-21(24)18-26-14-16-27(17-15-26)22-12-10-20(11-13-22)25(28)29/h2-13H,14-18H2,1H3,(H,28,29). The van der Waals surface area contributed by atoms with Crippen LogP contribution in [0.2, 0.25) is 0 Å². The molecule has 0 spiro atoms. The van der Waals surface area contributed by atoms with Gasteiger partial charge in [-0.15, -0.1) is 0 Å². The molecule has 1 aliphatic rings. The fraction of sp³-hybridized carbons (Fsp3) is 0.240. The number of aromatic carboxylic acids is 1. The number of piperazine rings is 1. The fourth-order valence-electron chi connectivity index (χ4n) is 4.02. The van der Waals surface area contributed by atoms with Crippen molar-refractivity contribution in [2.45, 2.75) is 13.5 Å². The molecule has 0 aromatic heterocycles. The lowest BCUT2D eigenvalue weighted by Gasteiger charge is -2.36. The molecule has 4 heteroatoms. The summed E-state index contributed by atoms with van der Waals surface area (Å²) >= 11 is 0. The van der Waals surface area contributed by atoms with E-state index < -0.39 is 5.97 Å². The van der Waals surface area contributed by atoms with Crippen molar-refractivity contribution in [3.63, 3.8) is 0 Å². The normalized spacial score (nSPS) is 14.7. The Morgan fingerprint density at radius 2 is 1.45 bits per heavy atom. The third-order valence-corrected chi connectivity index (χ3v) is 5.70. The zero-order chi connectivity index (χ0) is 20.2. The van der Waals surface area contributed by atoms with Gasteiger partial charge in [0.25, 0.3) is 0 Å². The second-order valence-electron chi connectivity index (χ2n) is 7.59. The van der Waals surface area contributed by atoms with Gasteiger partial charge in [-0.25, -0.2) is 4.79 Å². The van der Waals surface area contributed by atoms with E-state index in [1.807, 2.05) is 12.1 Å². The lowest BCUT2D eigenvalue weighted by atomic mass is 9.95. The number of carboxylic acid groups (broad SMARTS) is 1. The Bertz CT molecular complexity index is 990. The van der Waals surface area contributed by atoms with Crippen molar-refractivity contribution < 1.29 is 9.90 Å². The molecule has 1 saturated heterocycles. The van der Waals surface area contributed by atoms with Crippen molar-refractivity contribution in [3.8, 4) is 11.1 Å². The van der Waals surface area contributed by atoms with Crippen molar-refractivity contribution >= 4 is 11.7 Å². The summed E-state index contributed by atoms with van der Waals surface area (Å²) in [5, 5.41) is 9.06. The van der Waals surface area contributed by atoms with Gasteiger partial charge in [0, 0.05) is 38.4 Å². The fourth-order valence-corrected chi connectivity index (χ4v) is 4.02. The summed E-state index contributed by atoms with van der Waals surface area (Å²) in [4.78, 5) is 15.9. The molecule has 1 aliphatic heterocycles. The number of anilines is 1. The molecule has 0 atom stereocenters. The second-order valence-corrected chi connectivity index (χ2v) is 7.59. The number of aryl methyl sites for hydroxylation is 1. The number of benzene rings is 3. The van der Waals surface area contributed by atoms with Gasteiger partial charge in [-0.2, -0.15) is 0 Å². The molecule has 0 bridgehead atoms. The van der Waals surface area contributed by atoms with Crippen LogP contribution < -0.4 is 4.90 Å². The summed E-state index contributed by atoms with van der Waals surface area (Å²) < 4.78 is 0. The average molecular weight is 386 g/mol. The highest BCUT2D eigenvalue weighted by atomic mass is 16.4. The Kier molecular flexibility index (Phi) is 5.63. The van der Waals surface area contributed by atoms with E-state index in [2.05, 4.69) is 65.3 Å². The molecule has 0 amide bonds. The minimum atomic E-state index is -0.881. The molecule has 1 N–H and O–H groups in total. The highest BCUT2D eigenvalue weighted by Gasteiger charge is 2.19. The van der Waals surface area contributed by atoms with Crippen LogP contribution in [-0.2, 0) is 6.54 Å². The van der Waals surface area contributed by atoms with Crippen molar-refractivity contribution in [2.24, 2.45) is 0 Å². The van der Waals surface area contributed by atoms with Crippen LogP contribution in [0.3, 0.4) is 0 Å². The number of nitrogens with zero attached hydrogens (tertiary/aromatic N) is 2. The van der Waals surface area contributed by atoms with Gasteiger partial charge < -0.3 is 10.0 Å². The molecule has 148 valence electrons. The van der Waals surface area contributed by atoms with E-state index in [0.29, 0.717) is 5.56 Å². The highest BCUT2D eigenvalue weighted by molar-refractivity contribution is 5.88. The van der Waals surface area contributed by atoms with Crippen LogP contribution in [0.4, 0.5) is 5.69 Å². The van der Waals surface area contributed by atoms with E-state index in [0.717, 1.165) is 38.4 Å². The van der Waals surface area contributed by atoms with Gasteiger partial charge >= 0.3 is 5.97 Å². The molecule has 1 fully saturated rings. The number of rotatable bonds is 5. The monoisotopic (exact) mass is 386 g/mol. The van der Waals surface area contributed by atoms with Gasteiger partial charge in [-0.3, -0.25) is 4.90 Å². The number of carbonyl (C=O) groups is 1. The lowest BCUT2D eigenvalue weighted by molar-refractivity contribution is 0.0697. The van der Waals surface area contributed by atoms with Gasteiger partial charge in [0.05, 0.1) is 5.56 Å². The van der Waals surface area contributed by atoms with Crippen LogP contribution in [0, 0.1) is 6.92 Å². The number of hydrogen-bond acceptors (Lipinski definition) is 3. The van der Waals surface area contributed by atoms with Crippen LogP contribution in [0.1, 0.15) is 21.5 Å². The van der Waals surface area contributed by atoms with Crippen LogP contribution in [0.15, 0.2) is 72.8 Å². The van der Waals surface area contributed by atoms with Crippen LogP contribution in [-0.4, -0.2) is 42.2 Å². The Balaban J connectivity index is 1.43. The van der Waals surface area contributed by atoms with E-state index in [4.69, 9.17) is 5.11 Å². The zero-order valence-corrected chi connectivity index (χ0v) is 16.7. The molecular formula is C25H26N2O2. The molecule has 0 unspecified atom stereocenters. The van der Waals surface area contributed by atoms with E-state index in [1.165, 1.54) is 22.3 Å². The first kappa shape index (κ1) is 19.2. The minimum absolute atomic E-state index is 0.334. The maximum atomic E-state index is 11.0. The third-order valence-electron chi connectivity index (χ3n) is 5.70. The minimum Gasteiger partial charge on any atom is -0.478 e. The van der Waals surface area contributed by atoms with Crippen molar-refractivity contribution in [1.82, 2.24) is 4.90 Å². The highest BCUT2D eigenvalue weighted by Crippen LogP contribution is 2.28. The molecule has 0 saturated carbocycles. The maximum absolute atomic E-state index is 11.0. The third kappa shape index (κ3) is 4.33. The smallest absolute Gasteiger partial charge is 0.335 e. The van der Waals surface area contributed by atoms with Crippen molar-refractivity contribution in [2.75, 3.05) is 31.1 Å². The van der Waals surface area contributed by atoms with Crippen LogP contribution in [0.5, 0.6) is 0 Å². The Hall–Kier alpha value is -3.11. The van der Waals surface area contributed by atoms with Gasteiger partial charge in [0.15, 0.2) is 0 Å². The summed E-state index contributed by atoms with van der Waals surface area (Å²) in [7, 11) is 0. The molecule has 3 aromatic carbocycles. The Morgan fingerprint density at radius 3 is 2.10 bits per heavy atom. The van der Waals surface area contributed by atoms with Gasteiger partial charge in [0.2, 0.25) is 0 Å². The Labute approximate surface area is 172 Å². The molecule has 3 aromatic rings. The van der Waals surface area contributed by atoms with Crippen LogP contribution >= 0.6 is 0 Å². The summed E-state index contributed by atoms with van der Waals surface area (Å²) in [6.45, 7) is 6.97. The maximum Gasteiger partial charge on any atom is 0.335 e. The predicted octanol–water partition coefficient (Wildman–Crippen LogP) is 4.68. The Morgan fingerprint density at radius 1 is 0.828 bits per heavy atom. The van der Waals surface area contributed by atoms with Gasteiger partial charge in [0.1, 0.15) is 0 Å². The summed E-state index contributed by atoms with van der Waals surface area (Å²) in [5.41, 5.74) is 6.71. The number of carboxylic acids is 1. The van der Waals surface area contributed by atoms with Crippen molar-refractivity contribution in [1.29, 1.82) is 0 Å². The second kappa shape index (κ2) is 8.50. The van der Waals surface area contributed by atoms with Gasteiger partial charge in [-0.05, 0) is 53.4 Å². The average Bonchev–Trinajstić information content (AvgIpc) is 2.75. The molecule has 0 aliphatic carbocycles. The first-order valence-electron chi connectivity index (χ1n) is 10.1. The van der Waals surface area contributed by atoms with E-state index in [9.17, 15) is 4.79 Å². The van der Waals surface area contributed by atoms with Crippen molar-refractivity contribution in [3.05, 3.63) is 89.5 Å². The molecule has 4 nitrogen and oxygen atoms in total. The SMILES string of the molecule is Cc1ccccc1-c1ccccc1CN1CCN(c2ccc(C(=O)O)cc2)CC1. The largest absolute Gasteiger partial charge is 0.478 e. The van der Waals surface area contributed by atoms with E-state index in [1.54, 1.807) is 12.1 Å². The van der Waals surface area contributed by atoms with E-state index in [-0.39, 0.29) is 0 Å². The lowest BCUT2D eigenvalue weighted by Crippen LogP contribution is -2.46. The molecule has 1 heterocycles. The number of hydrogen-bond donors (Lipinski definition) is 1. The summed E-state index contributed by atoms with van der Waals surface area (Å²) in [6, 6.07) is 24.4. The topological polar surface area (TPSA) is 43.8 Å².